The molecule has 3 nitrogen and oxygen atoms in total. The van der Waals surface area contributed by atoms with E-state index in [0.29, 0.717) is 0 Å². The van der Waals surface area contributed by atoms with Gasteiger partial charge in [0.15, 0.2) is 0 Å². The summed E-state index contributed by atoms with van der Waals surface area (Å²) in [7, 11) is 4.06. The van der Waals surface area contributed by atoms with Crippen LogP contribution in [-0.2, 0) is 0 Å². The third-order valence-corrected chi connectivity index (χ3v) is 1.42. The lowest BCUT2D eigenvalue weighted by Crippen LogP contribution is -2.15. The lowest BCUT2D eigenvalue weighted by molar-refractivity contribution is 0.421. The number of likely N-dealkylation sites (N-methyl/N-ethyl adjacent to an activating group) is 1. The van der Waals surface area contributed by atoms with E-state index < -0.39 is 0 Å². The minimum absolute atomic E-state index is 0.794. The van der Waals surface area contributed by atoms with E-state index in [1.54, 1.807) is 0 Å². The standard InChI is InChI=1S/C9H19N3/c1-4-5-6-10-9-11-7-8-12(2)3/h4-8H2,1-3H3. The number of hydrogen-bond donors (Lipinski definition) is 0. The Morgan fingerprint density at radius 3 is 2.42 bits per heavy atom. The largest absolute Gasteiger partial charge is 0.308 e. The second kappa shape index (κ2) is 8.44. The molecule has 0 aromatic carbocycles. The van der Waals surface area contributed by atoms with Gasteiger partial charge in [0.1, 0.15) is 0 Å². The van der Waals surface area contributed by atoms with Gasteiger partial charge in [-0.3, -0.25) is 0 Å². The summed E-state index contributed by atoms with van der Waals surface area (Å²) in [5.41, 5.74) is 0. The summed E-state index contributed by atoms with van der Waals surface area (Å²) in [6.07, 6.45) is 2.32. The first-order chi connectivity index (χ1) is 5.77. The zero-order valence-corrected chi connectivity index (χ0v) is 8.38. The predicted octanol–water partition coefficient (Wildman–Crippen LogP) is 1.52. The molecule has 0 bridgehead atoms. The van der Waals surface area contributed by atoms with Crippen LogP contribution >= 0.6 is 0 Å². The zero-order valence-electron chi connectivity index (χ0n) is 8.38. The number of unbranched alkanes of at least 4 members (excludes halogenated alkanes) is 1. The molecule has 12 heavy (non-hydrogen) atoms. The van der Waals surface area contributed by atoms with Crippen molar-refractivity contribution >= 4 is 6.01 Å². The Morgan fingerprint density at radius 1 is 1.17 bits per heavy atom. The molecule has 0 atom stereocenters. The van der Waals surface area contributed by atoms with Crippen LogP contribution in [0.3, 0.4) is 0 Å². The molecule has 0 unspecified atom stereocenters. The third-order valence-electron chi connectivity index (χ3n) is 1.42. The van der Waals surface area contributed by atoms with Crippen LogP contribution in [0.5, 0.6) is 0 Å². The van der Waals surface area contributed by atoms with E-state index in [1.165, 1.54) is 6.42 Å². The summed E-state index contributed by atoms with van der Waals surface area (Å²) in [6, 6.07) is 2.70. The monoisotopic (exact) mass is 169 g/mol. The minimum Gasteiger partial charge on any atom is -0.308 e. The Labute approximate surface area is 75.2 Å². The average molecular weight is 169 g/mol. The first-order valence-corrected chi connectivity index (χ1v) is 4.50. The second-order valence-electron chi connectivity index (χ2n) is 3.02. The first kappa shape index (κ1) is 11.3. The molecule has 0 aliphatic heterocycles. The Bertz CT molecular complexity index is 146. The number of nitrogens with zero attached hydrogens (tertiary/aromatic N) is 3. The highest BCUT2D eigenvalue weighted by Gasteiger charge is 1.84. The molecule has 0 aromatic heterocycles. The Hall–Kier alpha value is -0.660. The van der Waals surface area contributed by atoms with Gasteiger partial charge in [0.05, 0.1) is 12.6 Å². The fourth-order valence-electron chi connectivity index (χ4n) is 0.637. The van der Waals surface area contributed by atoms with Gasteiger partial charge in [-0.15, -0.1) is 0 Å². The number of aliphatic imine (C=N–C) groups is 2. The van der Waals surface area contributed by atoms with Crippen molar-refractivity contribution < 1.29 is 0 Å². The van der Waals surface area contributed by atoms with Crippen molar-refractivity contribution in [1.82, 2.24) is 4.90 Å². The van der Waals surface area contributed by atoms with Gasteiger partial charge in [-0.1, -0.05) is 13.3 Å². The van der Waals surface area contributed by atoms with Crippen molar-refractivity contribution in [2.75, 3.05) is 33.7 Å². The molecule has 0 heterocycles. The molecule has 0 fully saturated rings. The summed E-state index contributed by atoms with van der Waals surface area (Å²) < 4.78 is 0. The second-order valence-corrected chi connectivity index (χ2v) is 3.02. The average Bonchev–Trinajstić information content (AvgIpc) is 2.02. The fourth-order valence-corrected chi connectivity index (χ4v) is 0.637. The van der Waals surface area contributed by atoms with Crippen molar-refractivity contribution in [1.29, 1.82) is 0 Å². The quantitative estimate of drug-likeness (QED) is 0.437. The maximum absolute atomic E-state index is 4.02. The minimum atomic E-state index is 0.794. The van der Waals surface area contributed by atoms with Crippen LogP contribution in [0, 0.1) is 0 Å². The van der Waals surface area contributed by atoms with Gasteiger partial charge in [-0.05, 0) is 20.5 Å². The molecule has 0 aliphatic carbocycles. The molecule has 0 N–H and O–H groups in total. The molecule has 0 radical (unpaired) electrons. The normalized spacial score (nSPS) is 9.67. The summed E-state index contributed by atoms with van der Waals surface area (Å²) in [4.78, 5) is 10.1. The van der Waals surface area contributed by atoms with Crippen LogP contribution in [-0.4, -0.2) is 44.6 Å². The first-order valence-electron chi connectivity index (χ1n) is 4.50. The van der Waals surface area contributed by atoms with E-state index in [9.17, 15) is 0 Å². The maximum Gasteiger partial charge on any atom is 0.0893 e. The van der Waals surface area contributed by atoms with Gasteiger partial charge in [-0.25, -0.2) is 9.98 Å². The van der Waals surface area contributed by atoms with Gasteiger partial charge in [-0.2, -0.15) is 0 Å². The van der Waals surface area contributed by atoms with E-state index >= 15 is 0 Å². The number of hydrogen-bond acceptors (Lipinski definition) is 3. The summed E-state index contributed by atoms with van der Waals surface area (Å²) >= 11 is 0. The highest BCUT2D eigenvalue weighted by molar-refractivity contribution is 5.40. The zero-order chi connectivity index (χ0) is 9.23. The van der Waals surface area contributed by atoms with Gasteiger partial charge in [0, 0.05) is 13.1 Å². The van der Waals surface area contributed by atoms with Crippen molar-refractivity contribution in [3.63, 3.8) is 0 Å². The van der Waals surface area contributed by atoms with E-state index in [-0.39, 0.29) is 0 Å². The van der Waals surface area contributed by atoms with E-state index in [0.717, 1.165) is 26.1 Å². The molecule has 0 rings (SSSR count). The van der Waals surface area contributed by atoms with Crippen LogP contribution in [0.1, 0.15) is 19.8 Å². The summed E-state index contributed by atoms with van der Waals surface area (Å²) in [5, 5.41) is 0. The van der Waals surface area contributed by atoms with Crippen LogP contribution in [0.4, 0.5) is 0 Å². The van der Waals surface area contributed by atoms with Gasteiger partial charge in [0.2, 0.25) is 0 Å². The van der Waals surface area contributed by atoms with Crippen LogP contribution in [0.25, 0.3) is 0 Å². The predicted molar refractivity (Wildman–Crippen MR) is 53.1 cm³/mol. The highest BCUT2D eigenvalue weighted by Crippen LogP contribution is 1.84. The molecule has 0 aromatic rings. The van der Waals surface area contributed by atoms with E-state index in [4.69, 9.17) is 0 Å². The molecule has 0 aliphatic rings. The Morgan fingerprint density at radius 2 is 1.83 bits per heavy atom. The molecule has 3 heteroatoms. The summed E-state index contributed by atoms with van der Waals surface area (Å²) in [6.45, 7) is 4.78. The van der Waals surface area contributed by atoms with Crippen molar-refractivity contribution in [2.45, 2.75) is 19.8 Å². The van der Waals surface area contributed by atoms with Gasteiger partial charge < -0.3 is 4.90 Å². The Kier molecular flexibility index (Phi) is 7.97. The van der Waals surface area contributed by atoms with Crippen LogP contribution in [0.15, 0.2) is 9.98 Å². The van der Waals surface area contributed by atoms with Crippen molar-refractivity contribution in [3.8, 4) is 0 Å². The molecule has 0 saturated heterocycles. The van der Waals surface area contributed by atoms with Gasteiger partial charge >= 0.3 is 0 Å². The topological polar surface area (TPSA) is 28.0 Å². The molecule has 0 amide bonds. The number of rotatable bonds is 6. The van der Waals surface area contributed by atoms with Crippen LogP contribution in [0.2, 0.25) is 0 Å². The molecule has 0 saturated carbocycles. The Balaban J connectivity index is 3.28. The van der Waals surface area contributed by atoms with Crippen molar-refractivity contribution in [3.05, 3.63) is 0 Å². The SMILES string of the molecule is CCCCN=C=NCCN(C)C. The molecule has 0 spiro atoms. The van der Waals surface area contributed by atoms with Crippen molar-refractivity contribution in [2.24, 2.45) is 9.98 Å². The maximum atomic E-state index is 4.02. The van der Waals surface area contributed by atoms with E-state index in [1.807, 2.05) is 14.1 Å². The molecule has 70 valence electrons. The summed E-state index contributed by atoms with van der Waals surface area (Å²) in [5.74, 6) is 0. The molecular weight excluding hydrogens is 150 g/mol. The van der Waals surface area contributed by atoms with Gasteiger partial charge in [0.25, 0.3) is 0 Å². The fraction of sp³-hybridized carbons (Fsp3) is 0.889. The van der Waals surface area contributed by atoms with E-state index in [2.05, 4.69) is 27.8 Å². The molecular formula is C9H19N3. The lowest BCUT2D eigenvalue weighted by Gasteiger charge is -2.03. The van der Waals surface area contributed by atoms with Crippen LogP contribution < -0.4 is 0 Å². The lowest BCUT2D eigenvalue weighted by atomic mass is 10.3. The highest BCUT2D eigenvalue weighted by atomic mass is 15.1. The smallest absolute Gasteiger partial charge is 0.0893 e. The third kappa shape index (κ3) is 9.34.